The number of allylic oxidation sites excluding steroid dienone is 3. The molecule has 0 spiro atoms. The maximum atomic E-state index is 6.12. The molecule has 4 aliphatic carbocycles. The van der Waals surface area contributed by atoms with Crippen molar-refractivity contribution in [3.8, 4) is 0 Å². The van der Waals surface area contributed by atoms with Crippen LogP contribution in [0.3, 0.4) is 0 Å². The number of benzene rings is 1. The van der Waals surface area contributed by atoms with Gasteiger partial charge in [0.2, 0.25) is 0 Å². The molecule has 4 heteroatoms. The summed E-state index contributed by atoms with van der Waals surface area (Å²) in [6, 6.07) is 11.6. The van der Waals surface area contributed by atoms with Crippen molar-refractivity contribution in [1.82, 2.24) is 4.98 Å². The Labute approximate surface area is 281 Å². The van der Waals surface area contributed by atoms with Crippen LogP contribution in [0.25, 0.3) is 5.57 Å². The van der Waals surface area contributed by atoms with Gasteiger partial charge in [-0.05, 0) is 150 Å². The summed E-state index contributed by atoms with van der Waals surface area (Å²) in [6.07, 6.45) is 20.8. The molecule has 2 aromatic rings. The van der Waals surface area contributed by atoms with E-state index in [1.54, 1.807) is 11.8 Å². The van der Waals surface area contributed by atoms with Crippen molar-refractivity contribution in [3.05, 3.63) is 89.4 Å². The highest BCUT2D eigenvalue weighted by molar-refractivity contribution is 6.09. The lowest BCUT2D eigenvalue weighted by Gasteiger charge is -2.55. The third-order valence-corrected chi connectivity index (χ3v) is 10.8. The largest absolute Gasteiger partial charge is 0.404 e. The van der Waals surface area contributed by atoms with Gasteiger partial charge in [-0.3, -0.25) is 4.99 Å². The Bertz CT molecular complexity index is 1390. The molecule has 0 atom stereocenters. The van der Waals surface area contributed by atoms with Crippen molar-refractivity contribution < 1.29 is 0 Å². The zero-order valence-electron chi connectivity index (χ0n) is 30.2. The first-order chi connectivity index (χ1) is 21.8. The molecule has 4 saturated carbocycles. The molecule has 0 amide bonds. The predicted octanol–water partition coefficient (Wildman–Crippen LogP) is 10.9. The Balaban J connectivity index is 0.00000113. The Morgan fingerprint density at radius 1 is 1.00 bits per heavy atom. The van der Waals surface area contributed by atoms with E-state index in [-0.39, 0.29) is 5.54 Å². The summed E-state index contributed by atoms with van der Waals surface area (Å²) in [4.78, 5) is 12.2. The Morgan fingerprint density at radius 3 is 2.17 bits per heavy atom. The van der Waals surface area contributed by atoms with Crippen LogP contribution in [-0.2, 0) is 11.8 Å². The summed E-state index contributed by atoms with van der Waals surface area (Å²) in [6.45, 7) is 24.2. The van der Waals surface area contributed by atoms with Crippen molar-refractivity contribution in [3.63, 3.8) is 0 Å². The molecule has 6 rings (SSSR count). The van der Waals surface area contributed by atoms with Crippen molar-refractivity contribution in [2.24, 2.45) is 22.1 Å². The normalized spacial score (nSPS) is 23.6. The fourth-order valence-corrected chi connectivity index (χ4v) is 7.90. The van der Waals surface area contributed by atoms with E-state index < -0.39 is 0 Å². The Kier molecular flexibility index (Phi) is 11.8. The average molecular weight is 623 g/mol. The highest BCUT2D eigenvalue weighted by Gasteiger charge is 2.50. The summed E-state index contributed by atoms with van der Waals surface area (Å²) in [5, 5.41) is 0. The lowest BCUT2D eigenvalue weighted by atomic mass is 9.51. The SMILES string of the molecule is C=C(C)C.C=C(C1CCCCC1)N(CC12CCC(c3ccc(CC)c(C)c3)(CC1)CC2)c1cc(/C(C=NC(C)(C)C)=C/N)ccn1. The fourth-order valence-electron chi connectivity index (χ4n) is 7.90. The fraction of sp³-hybridized carbons (Fsp3) is 0.571. The number of rotatable bonds is 9. The van der Waals surface area contributed by atoms with Crippen LogP contribution >= 0.6 is 0 Å². The van der Waals surface area contributed by atoms with E-state index >= 15 is 0 Å². The molecule has 0 saturated heterocycles. The molecule has 1 heterocycles. The van der Waals surface area contributed by atoms with Gasteiger partial charge >= 0.3 is 0 Å². The van der Waals surface area contributed by atoms with Crippen LogP contribution in [-0.4, -0.2) is 23.3 Å². The van der Waals surface area contributed by atoms with E-state index in [2.05, 4.69) is 76.4 Å². The number of anilines is 1. The van der Waals surface area contributed by atoms with Gasteiger partial charge in [-0.15, -0.1) is 6.58 Å². The lowest BCUT2D eigenvalue weighted by molar-refractivity contribution is 0.0459. The van der Waals surface area contributed by atoms with Gasteiger partial charge in [0.15, 0.2) is 0 Å². The third-order valence-electron chi connectivity index (χ3n) is 10.8. The molecule has 2 bridgehead atoms. The number of aromatic nitrogens is 1. The van der Waals surface area contributed by atoms with E-state index in [0.29, 0.717) is 16.7 Å². The van der Waals surface area contributed by atoms with E-state index in [1.165, 1.54) is 93.0 Å². The second-order valence-electron chi connectivity index (χ2n) is 15.8. The Morgan fingerprint density at radius 2 is 1.63 bits per heavy atom. The summed E-state index contributed by atoms with van der Waals surface area (Å²) < 4.78 is 0. The zero-order valence-corrected chi connectivity index (χ0v) is 30.2. The molecule has 2 N–H and O–H groups in total. The molecule has 0 aliphatic heterocycles. The van der Waals surface area contributed by atoms with Gasteiger partial charge in [-0.1, -0.05) is 56.5 Å². The van der Waals surface area contributed by atoms with E-state index in [4.69, 9.17) is 22.3 Å². The van der Waals surface area contributed by atoms with Crippen LogP contribution in [0.4, 0.5) is 5.82 Å². The van der Waals surface area contributed by atoms with Gasteiger partial charge in [0.25, 0.3) is 0 Å². The van der Waals surface area contributed by atoms with Gasteiger partial charge in [0.1, 0.15) is 5.82 Å². The Hall–Kier alpha value is -3.14. The number of hydrogen-bond acceptors (Lipinski definition) is 4. The first-order valence-electron chi connectivity index (χ1n) is 17.9. The minimum absolute atomic E-state index is 0.154. The van der Waals surface area contributed by atoms with Crippen molar-refractivity contribution in [1.29, 1.82) is 0 Å². The molecule has 4 nitrogen and oxygen atoms in total. The van der Waals surface area contributed by atoms with Crippen LogP contribution in [0.15, 0.2) is 72.1 Å². The van der Waals surface area contributed by atoms with Gasteiger partial charge < -0.3 is 10.6 Å². The number of fused-ring (bicyclic) bond motifs is 3. The highest BCUT2D eigenvalue weighted by atomic mass is 15.2. The van der Waals surface area contributed by atoms with E-state index in [0.717, 1.165) is 29.9 Å². The summed E-state index contributed by atoms with van der Waals surface area (Å²) in [7, 11) is 0. The van der Waals surface area contributed by atoms with Crippen LogP contribution in [0.1, 0.15) is 134 Å². The predicted molar refractivity (Wildman–Crippen MR) is 201 cm³/mol. The molecular formula is C42H62N4. The minimum Gasteiger partial charge on any atom is -0.404 e. The van der Waals surface area contributed by atoms with Gasteiger partial charge in [0.05, 0.1) is 5.54 Å². The average Bonchev–Trinajstić information content (AvgIpc) is 3.04. The minimum atomic E-state index is -0.154. The summed E-state index contributed by atoms with van der Waals surface area (Å²) in [5.74, 6) is 1.55. The molecular weight excluding hydrogens is 560 g/mol. The van der Waals surface area contributed by atoms with Crippen LogP contribution < -0.4 is 10.6 Å². The number of aliphatic imine (C=N–C) groups is 1. The molecule has 4 fully saturated rings. The number of nitrogens with zero attached hydrogens (tertiary/aromatic N) is 3. The number of pyridine rings is 1. The molecule has 1 aromatic heterocycles. The van der Waals surface area contributed by atoms with E-state index in [9.17, 15) is 0 Å². The van der Waals surface area contributed by atoms with Crippen LogP contribution in [0.5, 0.6) is 0 Å². The summed E-state index contributed by atoms with van der Waals surface area (Å²) >= 11 is 0. The second kappa shape index (κ2) is 15.2. The maximum Gasteiger partial charge on any atom is 0.133 e. The number of aryl methyl sites for hydroxylation is 2. The van der Waals surface area contributed by atoms with Crippen LogP contribution in [0, 0.1) is 18.3 Å². The van der Waals surface area contributed by atoms with Crippen molar-refractivity contribution in [2.75, 3.05) is 11.4 Å². The number of nitrogens with two attached hydrogens (primary N) is 1. The number of hydrogen-bond donors (Lipinski definition) is 1. The molecule has 1 aromatic carbocycles. The van der Waals surface area contributed by atoms with Crippen LogP contribution in [0.2, 0.25) is 0 Å². The van der Waals surface area contributed by atoms with Crippen molar-refractivity contribution >= 4 is 17.6 Å². The van der Waals surface area contributed by atoms with Crippen molar-refractivity contribution in [2.45, 2.75) is 136 Å². The topological polar surface area (TPSA) is 54.5 Å². The highest BCUT2D eigenvalue weighted by Crippen LogP contribution is 2.58. The second-order valence-corrected chi connectivity index (χ2v) is 15.8. The smallest absolute Gasteiger partial charge is 0.133 e. The maximum absolute atomic E-state index is 6.12. The lowest BCUT2D eigenvalue weighted by Crippen LogP contribution is -2.49. The zero-order chi connectivity index (χ0) is 33.5. The van der Waals surface area contributed by atoms with E-state index in [1.807, 2.05) is 26.3 Å². The molecule has 0 unspecified atom stereocenters. The molecule has 4 aliphatic rings. The molecule has 0 radical (unpaired) electrons. The molecule has 250 valence electrons. The first-order valence-corrected chi connectivity index (χ1v) is 17.9. The first kappa shape index (κ1) is 35.7. The van der Waals surface area contributed by atoms with Gasteiger partial charge in [-0.25, -0.2) is 4.98 Å². The summed E-state index contributed by atoms with van der Waals surface area (Å²) in [5.41, 5.74) is 15.6. The standard InChI is InChI=1S/C38H54N4.C4H8/c1-7-30-13-14-34(23-28(30)2)38-19-16-37(17-20-38,18-21-38)27-42(29(3)31-11-9-8-10-12-31)35-24-32(15-22-40-35)33(25-39)26-41-36(4,5)6;1-4(2)3/h13-15,22-26,31H,3,7-12,16-21,27,39H2,1-2,4-6H3;1H2,2-3H3/b33-25+,41-26?;. The van der Waals surface area contributed by atoms with Gasteiger partial charge in [0, 0.05) is 36.4 Å². The van der Waals surface area contributed by atoms with Gasteiger partial charge in [-0.2, -0.15) is 0 Å². The third kappa shape index (κ3) is 8.81. The quantitative estimate of drug-likeness (QED) is 0.224. The molecule has 46 heavy (non-hydrogen) atoms. The monoisotopic (exact) mass is 622 g/mol.